The lowest BCUT2D eigenvalue weighted by atomic mass is 9.65. The maximum absolute atomic E-state index is 13.3. The van der Waals surface area contributed by atoms with Crippen molar-refractivity contribution in [2.45, 2.75) is 63.1 Å². The van der Waals surface area contributed by atoms with Crippen LogP contribution in [-0.4, -0.2) is 69.0 Å². The monoisotopic (exact) mass is 449 g/mol. The fourth-order valence-electron chi connectivity index (χ4n) is 6.51. The molecule has 1 aromatic carbocycles. The number of anilines is 1. The Bertz CT molecular complexity index is 800. The van der Waals surface area contributed by atoms with Crippen LogP contribution in [0.15, 0.2) is 24.3 Å². The minimum atomic E-state index is -0.705. The normalized spacial score (nSPS) is 38.9. The predicted octanol–water partition coefficient (Wildman–Crippen LogP) is 4.10. The molecular weight excluding hydrogens is 411 g/mol. The highest BCUT2D eigenvalue weighted by molar-refractivity contribution is 5.46. The van der Waals surface area contributed by atoms with E-state index >= 15 is 0 Å². The molecule has 1 spiro atoms. The number of piperazine rings is 1. The van der Waals surface area contributed by atoms with E-state index in [0.717, 1.165) is 75.0 Å². The number of likely N-dealkylation sites (N-methyl/N-ethyl adjacent to an activating group) is 1. The molecule has 6 rings (SSSR count). The van der Waals surface area contributed by atoms with Gasteiger partial charge in [-0.05, 0) is 56.4 Å². The number of rotatable bonds is 5. The second kappa shape index (κ2) is 8.51. The van der Waals surface area contributed by atoms with E-state index in [9.17, 15) is 4.39 Å². The molecule has 178 valence electrons. The van der Waals surface area contributed by atoms with Crippen LogP contribution in [0.5, 0.6) is 0 Å². The van der Waals surface area contributed by atoms with Crippen molar-refractivity contribution >= 4 is 5.69 Å². The molecule has 0 N–H and O–H groups in total. The largest absolute Gasteiger partial charge is 0.360 e. The SMILES string of the molecule is CO[C@H]1O[C@@]2(C)CC[C@H]3CCC[C@@H](CC[N+]4(C)CCN(c5ccc(F)cc5)CC4)[C@]31OO2. The third kappa shape index (κ3) is 3.96. The van der Waals surface area contributed by atoms with Gasteiger partial charge >= 0.3 is 0 Å². The third-order valence-electron chi connectivity index (χ3n) is 8.66. The van der Waals surface area contributed by atoms with E-state index in [1.807, 2.05) is 19.1 Å². The Balaban J connectivity index is 1.25. The van der Waals surface area contributed by atoms with E-state index in [-0.39, 0.29) is 12.1 Å². The fourth-order valence-corrected chi connectivity index (χ4v) is 6.51. The number of quaternary nitrogens is 1. The summed E-state index contributed by atoms with van der Waals surface area (Å²) >= 11 is 0. The Labute approximate surface area is 191 Å². The number of ether oxygens (including phenoxy) is 2. The molecule has 7 heteroatoms. The minimum Gasteiger partial charge on any atom is -0.360 e. The quantitative estimate of drug-likeness (QED) is 0.500. The van der Waals surface area contributed by atoms with Gasteiger partial charge in [0.05, 0.1) is 39.8 Å². The molecule has 32 heavy (non-hydrogen) atoms. The number of benzene rings is 1. The van der Waals surface area contributed by atoms with Crippen LogP contribution in [0.1, 0.15) is 45.4 Å². The molecule has 6 nitrogen and oxygen atoms in total. The van der Waals surface area contributed by atoms with E-state index in [1.165, 1.54) is 6.42 Å². The maximum atomic E-state index is 13.3. The maximum Gasteiger partial charge on any atom is 0.201 e. The van der Waals surface area contributed by atoms with Gasteiger partial charge in [-0.3, -0.25) is 0 Å². The molecule has 1 aliphatic carbocycles. The van der Waals surface area contributed by atoms with Crippen LogP contribution in [-0.2, 0) is 19.2 Å². The molecule has 4 aliphatic heterocycles. The molecule has 4 heterocycles. The molecule has 1 saturated carbocycles. The van der Waals surface area contributed by atoms with Crippen LogP contribution in [0.4, 0.5) is 10.1 Å². The number of fused-ring (bicyclic) bond motifs is 3. The van der Waals surface area contributed by atoms with Crippen molar-refractivity contribution in [3.8, 4) is 0 Å². The van der Waals surface area contributed by atoms with Crippen LogP contribution in [0.2, 0.25) is 0 Å². The highest BCUT2D eigenvalue weighted by Gasteiger charge is 2.63. The van der Waals surface area contributed by atoms with Gasteiger partial charge in [0.1, 0.15) is 5.82 Å². The number of hydrogen-bond acceptors (Lipinski definition) is 5. The highest BCUT2D eigenvalue weighted by atomic mass is 19.1. The fraction of sp³-hybridized carbons (Fsp3) is 0.760. The first-order chi connectivity index (χ1) is 15.4. The summed E-state index contributed by atoms with van der Waals surface area (Å²) in [5, 5.41) is 0. The molecule has 4 saturated heterocycles. The average Bonchev–Trinajstić information content (AvgIpc) is 3.03. The minimum absolute atomic E-state index is 0.178. The summed E-state index contributed by atoms with van der Waals surface area (Å²) in [5.74, 6) is -0.110. The Morgan fingerprint density at radius 2 is 1.88 bits per heavy atom. The van der Waals surface area contributed by atoms with Crippen LogP contribution in [0.25, 0.3) is 0 Å². The van der Waals surface area contributed by atoms with Crippen LogP contribution in [0.3, 0.4) is 0 Å². The summed E-state index contributed by atoms with van der Waals surface area (Å²) in [5.41, 5.74) is 0.610. The van der Waals surface area contributed by atoms with Gasteiger partial charge in [0.2, 0.25) is 5.79 Å². The molecule has 0 amide bonds. The molecule has 0 radical (unpaired) electrons. The smallest absolute Gasteiger partial charge is 0.201 e. The van der Waals surface area contributed by atoms with Gasteiger partial charge in [-0.1, -0.05) is 6.42 Å². The molecule has 0 aromatic heterocycles. The summed E-state index contributed by atoms with van der Waals surface area (Å²) < 4.78 is 26.5. The topological polar surface area (TPSA) is 40.2 Å². The van der Waals surface area contributed by atoms with Crippen molar-refractivity contribution in [1.29, 1.82) is 0 Å². The molecule has 5 atom stereocenters. The molecular formula is C25H38FN2O4+. The zero-order chi connectivity index (χ0) is 22.4. The summed E-state index contributed by atoms with van der Waals surface area (Å²) in [6.07, 6.45) is 6.12. The summed E-state index contributed by atoms with van der Waals surface area (Å²) in [6.45, 7) is 7.21. The summed E-state index contributed by atoms with van der Waals surface area (Å²) in [7, 11) is 4.10. The van der Waals surface area contributed by atoms with Gasteiger partial charge in [0.15, 0.2) is 11.9 Å². The average molecular weight is 450 g/mol. The molecule has 0 unspecified atom stereocenters. The summed E-state index contributed by atoms with van der Waals surface area (Å²) in [4.78, 5) is 14.5. The zero-order valence-corrected chi connectivity index (χ0v) is 19.7. The van der Waals surface area contributed by atoms with Crippen LogP contribution < -0.4 is 4.90 Å². The summed E-state index contributed by atoms with van der Waals surface area (Å²) in [6, 6.07) is 6.87. The van der Waals surface area contributed by atoms with Gasteiger partial charge < -0.3 is 18.9 Å². The second-order valence-corrected chi connectivity index (χ2v) is 10.7. The lowest BCUT2D eigenvalue weighted by Gasteiger charge is -2.53. The first kappa shape index (κ1) is 22.5. The molecule has 5 fully saturated rings. The van der Waals surface area contributed by atoms with Gasteiger partial charge in [-0.15, -0.1) is 0 Å². The zero-order valence-electron chi connectivity index (χ0n) is 19.7. The van der Waals surface area contributed by atoms with Crippen molar-refractivity contribution in [3.05, 3.63) is 30.1 Å². The standard InChI is InChI=1S/C25H38FN2O4/c1-24-13-11-19-5-4-6-20(25(19,32-31-24)23(29-3)30-24)12-16-28(2)17-14-27(15-18-28)22-9-7-21(26)8-10-22/h7-10,19-20,23H,4-6,11-18H2,1-3H3/q+1/t19-,20+,23+,24-,25-/m1/s1. The second-order valence-electron chi connectivity index (χ2n) is 10.7. The van der Waals surface area contributed by atoms with Crippen molar-refractivity contribution in [1.82, 2.24) is 0 Å². The van der Waals surface area contributed by atoms with Gasteiger partial charge in [0.25, 0.3) is 0 Å². The van der Waals surface area contributed by atoms with E-state index in [2.05, 4.69) is 11.9 Å². The lowest BCUT2D eigenvalue weighted by Crippen LogP contribution is -2.64. The van der Waals surface area contributed by atoms with Crippen molar-refractivity contribution < 1.29 is 28.1 Å². The van der Waals surface area contributed by atoms with Crippen LogP contribution in [0, 0.1) is 17.7 Å². The molecule has 5 aliphatic rings. The van der Waals surface area contributed by atoms with Crippen molar-refractivity contribution in [2.75, 3.05) is 51.8 Å². The van der Waals surface area contributed by atoms with Crippen LogP contribution >= 0.6 is 0 Å². The third-order valence-corrected chi connectivity index (χ3v) is 8.66. The van der Waals surface area contributed by atoms with Crippen molar-refractivity contribution in [2.24, 2.45) is 11.8 Å². The van der Waals surface area contributed by atoms with E-state index in [4.69, 9.17) is 19.2 Å². The van der Waals surface area contributed by atoms with E-state index in [0.29, 0.717) is 11.8 Å². The van der Waals surface area contributed by atoms with Crippen molar-refractivity contribution in [3.63, 3.8) is 0 Å². The van der Waals surface area contributed by atoms with E-state index < -0.39 is 11.4 Å². The predicted molar refractivity (Wildman–Crippen MR) is 119 cm³/mol. The Morgan fingerprint density at radius 1 is 1.12 bits per heavy atom. The number of nitrogens with zero attached hydrogens (tertiary/aromatic N) is 2. The number of methoxy groups -OCH3 is 1. The molecule has 2 bridgehead atoms. The van der Waals surface area contributed by atoms with Gasteiger partial charge in [-0.25, -0.2) is 14.2 Å². The Kier molecular flexibility index (Phi) is 5.99. The number of hydrogen-bond donors (Lipinski definition) is 0. The first-order valence-electron chi connectivity index (χ1n) is 12.3. The highest BCUT2D eigenvalue weighted by Crippen LogP contribution is 2.55. The van der Waals surface area contributed by atoms with Gasteiger partial charge in [-0.2, -0.15) is 0 Å². The van der Waals surface area contributed by atoms with Gasteiger partial charge in [0, 0.05) is 31.6 Å². The lowest BCUT2D eigenvalue weighted by molar-refractivity contribution is -0.910. The Hall–Kier alpha value is -1.25. The molecule has 1 aromatic rings. The van der Waals surface area contributed by atoms with E-state index in [1.54, 1.807) is 19.2 Å². The Morgan fingerprint density at radius 3 is 2.59 bits per heavy atom. The first-order valence-corrected chi connectivity index (χ1v) is 12.3. The number of halogens is 1.